The summed E-state index contributed by atoms with van der Waals surface area (Å²) in [5, 5.41) is 34.5. The number of carbonyl (C=O) groups excluding carboxylic acids is 1. The van der Waals surface area contributed by atoms with Crippen LogP contribution < -0.4 is 26.6 Å². The molecule has 13 nitrogen and oxygen atoms in total. The van der Waals surface area contributed by atoms with Crippen LogP contribution in [0.2, 0.25) is 0 Å². The molecule has 0 unspecified atom stereocenters. The van der Waals surface area contributed by atoms with Crippen LogP contribution in [0.4, 0.5) is 11.4 Å². The second-order valence-electron chi connectivity index (χ2n) is 11.4. The van der Waals surface area contributed by atoms with Gasteiger partial charge in [-0.3, -0.25) is 9.79 Å². The van der Waals surface area contributed by atoms with Crippen LogP contribution in [0.15, 0.2) is 120 Å². The molecule has 52 heavy (non-hydrogen) atoms. The smallest absolute Gasteiger partial charge is 0.335 e. The molecule has 0 heterocycles. The van der Waals surface area contributed by atoms with Gasteiger partial charge in [0, 0.05) is 35.7 Å². The van der Waals surface area contributed by atoms with E-state index < -0.39 is 5.97 Å². The van der Waals surface area contributed by atoms with Crippen molar-refractivity contribution in [2.24, 2.45) is 9.98 Å². The maximum Gasteiger partial charge on any atom is 0.335 e. The first-order valence-corrected chi connectivity index (χ1v) is 16.7. The van der Waals surface area contributed by atoms with Gasteiger partial charge in [0.2, 0.25) is 5.96 Å². The molecule has 4 rings (SSSR count). The Bertz CT molecular complexity index is 1780. The summed E-state index contributed by atoms with van der Waals surface area (Å²) in [6.07, 6.45) is 0. The van der Waals surface area contributed by atoms with E-state index in [1.165, 1.54) is 0 Å². The number of carboxylic acids is 1. The lowest BCUT2D eigenvalue weighted by molar-refractivity contribution is 0.0512. The largest absolute Gasteiger partial charge is 0.508 e. The molecule has 0 bridgehead atoms. The molecule has 0 atom stereocenters. The number of anilines is 2. The zero-order chi connectivity index (χ0) is 37.0. The average molecular weight is 708 g/mol. The highest BCUT2D eigenvalue weighted by molar-refractivity contribution is 6.05. The summed E-state index contributed by atoms with van der Waals surface area (Å²) in [6, 6.07) is 30.1. The maximum atomic E-state index is 12.0. The molecule has 0 aliphatic heterocycles. The average Bonchev–Trinajstić information content (AvgIpc) is 3.16. The van der Waals surface area contributed by atoms with Crippen LogP contribution in [-0.2, 0) is 16.0 Å². The summed E-state index contributed by atoms with van der Waals surface area (Å²) in [5.41, 5.74) is 5.06. The molecular formula is C39H45N7O6. The zero-order valence-corrected chi connectivity index (χ0v) is 29.1. The molecule has 1 amide bonds. The molecule has 272 valence electrons. The molecule has 0 aliphatic carbocycles. The molecule has 0 spiro atoms. The number of ether oxygens (including phenoxy) is 2. The first-order valence-electron chi connectivity index (χ1n) is 16.7. The Labute approximate surface area is 303 Å². The number of rotatable bonds is 19. The van der Waals surface area contributed by atoms with Crippen molar-refractivity contribution in [3.05, 3.63) is 132 Å². The van der Waals surface area contributed by atoms with Crippen LogP contribution in [0.3, 0.4) is 0 Å². The number of aliphatic imine (C=N–C) groups is 2. The van der Waals surface area contributed by atoms with Crippen LogP contribution in [0, 0.1) is 0 Å². The molecule has 0 fully saturated rings. The van der Waals surface area contributed by atoms with Gasteiger partial charge in [-0.15, -0.1) is 0 Å². The normalized spacial score (nSPS) is 11.4. The summed E-state index contributed by atoms with van der Waals surface area (Å²) < 4.78 is 11.2. The SMILES string of the molecule is C=C(NCc1ccc(C(=O)O)cc1)c1ccc(NC/N=C(\NC(C)=NCCOCCOCCNC(=O)c2ccccc2)Nc2ccc(O)cc2)cc1. The van der Waals surface area contributed by atoms with Crippen LogP contribution in [0.5, 0.6) is 5.75 Å². The fourth-order valence-corrected chi connectivity index (χ4v) is 4.61. The van der Waals surface area contributed by atoms with Gasteiger partial charge in [-0.05, 0) is 78.7 Å². The molecule has 4 aromatic rings. The predicted molar refractivity (Wildman–Crippen MR) is 205 cm³/mol. The van der Waals surface area contributed by atoms with E-state index in [1.807, 2.05) is 49.4 Å². The highest BCUT2D eigenvalue weighted by Crippen LogP contribution is 2.16. The summed E-state index contributed by atoms with van der Waals surface area (Å²) in [6.45, 7) is 9.18. The summed E-state index contributed by atoms with van der Waals surface area (Å²) in [4.78, 5) is 32.3. The van der Waals surface area contributed by atoms with Crippen molar-refractivity contribution in [2.75, 3.05) is 56.8 Å². The lowest BCUT2D eigenvalue weighted by Crippen LogP contribution is -2.35. The van der Waals surface area contributed by atoms with Crippen LogP contribution in [0.1, 0.15) is 38.8 Å². The number of carboxylic acid groups (broad SMARTS) is 1. The Kier molecular flexibility index (Phi) is 15.7. The van der Waals surface area contributed by atoms with Gasteiger partial charge in [-0.1, -0.05) is 49.0 Å². The lowest BCUT2D eigenvalue weighted by atomic mass is 10.1. The van der Waals surface area contributed by atoms with E-state index >= 15 is 0 Å². The van der Waals surface area contributed by atoms with Crippen molar-refractivity contribution in [1.29, 1.82) is 0 Å². The fraction of sp³-hybridized carbons (Fsp3) is 0.231. The fourth-order valence-electron chi connectivity index (χ4n) is 4.61. The van der Waals surface area contributed by atoms with E-state index in [1.54, 1.807) is 60.7 Å². The number of amides is 1. The number of phenolic OH excluding ortho intramolecular Hbond substituents is 1. The number of hydrogen-bond acceptors (Lipinski definition) is 9. The molecule has 4 aromatic carbocycles. The summed E-state index contributed by atoms with van der Waals surface area (Å²) in [5.74, 6) is 0.165. The molecule has 7 N–H and O–H groups in total. The van der Waals surface area contributed by atoms with Gasteiger partial charge in [0.1, 0.15) is 12.4 Å². The van der Waals surface area contributed by atoms with Gasteiger partial charge in [-0.2, -0.15) is 0 Å². The van der Waals surface area contributed by atoms with E-state index in [0.29, 0.717) is 63.4 Å². The first-order chi connectivity index (χ1) is 25.3. The van der Waals surface area contributed by atoms with Crippen molar-refractivity contribution in [2.45, 2.75) is 13.5 Å². The number of benzene rings is 4. The minimum absolute atomic E-state index is 0.130. The topological polar surface area (TPSA) is 178 Å². The summed E-state index contributed by atoms with van der Waals surface area (Å²) >= 11 is 0. The third kappa shape index (κ3) is 14.0. The van der Waals surface area contributed by atoms with Crippen molar-refractivity contribution in [1.82, 2.24) is 16.0 Å². The molecule has 0 radical (unpaired) electrons. The molecule has 0 aromatic heterocycles. The molecule has 0 saturated heterocycles. The minimum Gasteiger partial charge on any atom is -0.508 e. The van der Waals surface area contributed by atoms with E-state index in [4.69, 9.17) is 14.6 Å². The van der Waals surface area contributed by atoms with Crippen molar-refractivity contribution < 1.29 is 29.3 Å². The monoisotopic (exact) mass is 707 g/mol. The van der Waals surface area contributed by atoms with E-state index in [-0.39, 0.29) is 23.9 Å². The Hall–Kier alpha value is -6.18. The minimum atomic E-state index is -0.953. The third-order valence-electron chi connectivity index (χ3n) is 7.41. The van der Waals surface area contributed by atoms with Crippen molar-refractivity contribution >= 4 is 40.7 Å². The highest BCUT2D eigenvalue weighted by atomic mass is 16.5. The number of hydrogen-bond donors (Lipinski definition) is 7. The highest BCUT2D eigenvalue weighted by Gasteiger charge is 2.06. The number of nitrogens with zero attached hydrogens (tertiary/aromatic N) is 2. The van der Waals surface area contributed by atoms with E-state index in [9.17, 15) is 14.7 Å². The molecule has 0 saturated carbocycles. The second-order valence-corrected chi connectivity index (χ2v) is 11.4. The zero-order valence-electron chi connectivity index (χ0n) is 29.1. The van der Waals surface area contributed by atoms with Gasteiger partial charge in [0.15, 0.2) is 0 Å². The Morgan fingerprint density at radius 1 is 0.731 bits per heavy atom. The van der Waals surface area contributed by atoms with E-state index in [2.05, 4.69) is 43.1 Å². The molecule has 0 aliphatic rings. The van der Waals surface area contributed by atoms with E-state index in [0.717, 1.165) is 28.2 Å². The number of amidine groups is 1. The maximum absolute atomic E-state index is 12.0. The quantitative estimate of drug-likeness (QED) is 0.0298. The Balaban J connectivity index is 1.18. The van der Waals surface area contributed by atoms with Gasteiger partial charge in [0.05, 0.1) is 44.4 Å². The first kappa shape index (κ1) is 38.6. The second kappa shape index (κ2) is 21.1. The number of aromatic hydroxyl groups is 1. The molecule has 13 heteroatoms. The number of aromatic carboxylic acids is 1. The lowest BCUT2D eigenvalue weighted by Gasteiger charge is -2.14. The predicted octanol–water partition coefficient (Wildman–Crippen LogP) is 5.16. The number of nitrogens with one attached hydrogen (secondary N) is 5. The van der Waals surface area contributed by atoms with Crippen LogP contribution in [-0.4, -0.2) is 80.1 Å². The third-order valence-corrected chi connectivity index (χ3v) is 7.41. The van der Waals surface area contributed by atoms with Crippen molar-refractivity contribution in [3.8, 4) is 5.75 Å². The Morgan fingerprint density at radius 3 is 2.08 bits per heavy atom. The number of carbonyl (C=O) groups is 2. The van der Waals surface area contributed by atoms with Gasteiger partial charge in [-0.25, -0.2) is 9.79 Å². The summed E-state index contributed by atoms with van der Waals surface area (Å²) in [7, 11) is 0. The van der Waals surface area contributed by atoms with Gasteiger partial charge < -0.3 is 46.3 Å². The Morgan fingerprint density at radius 2 is 1.38 bits per heavy atom. The molecular weight excluding hydrogens is 662 g/mol. The van der Waals surface area contributed by atoms with Crippen LogP contribution in [0.25, 0.3) is 5.70 Å². The van der Waals surface area contributed by atoms with Crippen molar-refractivity contribution in [3.63, 3.8) is 0 Å². The standard InChI is InChI=1S/C39H45N7O6/c1-28(42-26-30-8-10-33(11-9-30)38(49)50)31-12-14-34(15-13-31)43-27-44-39(46-35-16-18-36(47)19-17-35)45-29(2)40-20-22-51-24-25-52-23-21-41-37(48)32-6-4-3-5-7-32/h3-19,42-43,47H,1,20-27H2,2H3,(H,41,48)(H,49,50)(H2,40,44,45,46). The van der Waals surface area contributed by atoms with Gasteiger partial charge >= 0.3 is 5.97 Å². The number of guanidine groups is 1. The van der Waals surface area contributed by atoms with Gasteiger partial charge in [0.25, 0.3) is 5.91 Å². The number of phenols is 1. The van der Waals surface area contributed by atoms with Crippen LogP contribution >= 0.6 is 0 Å².